The van der Waals surface area contributed by atoms with Crippen molar-refractivity contribution in [1.29, 1.82) is 0 Å². The highest BCUT2D eigenvalue weighted by Gasteiger charge is 2.20. The quantitative estimate of drug-likeness (QED) is 0.745. The molecule has 7 heteroatoms. The van der Waals surface area contributed by atoms with Crippen LogP contribution in [0, 0.1) is 0 Å². The van der Waals surface area contributed by atoms with Gasteiger partial charge in [-0.05, 0) is 17.7 Å². The normalized spacial score (nSPS) is 15.7. The molecule has 1 aliphatic heterocycles. The number of carbonyl (C=O) groups excluding carboxylic acids is 1. The highest BCUT2D eigenvalue weighted by atomic mass is 35.7. The summed E-state index contributed by atoms with van der Waals surface area (Å²) in [5.41, 5.74) is 3.03. The largest absolute Gasteiger partial charge is 0.275 e. The van der Waals surface area contributed by atoms with Gasteiger partial charge in [-0.15, -0.1) is 0 Å². The van der Waals surface area contributed by atoms with E-state index in [1.807, 2.05) is 0 Å². The molecule has 0 bridgehead atoms. The Morgan fingerprint density at radius 1 is 1.40 bits per heavy atom. The minimum absolute atomic E-state index is 0.0973. The van der Waals surface area contributed by atoms with Crippen molar-refractivity contribution in [3.63, 3.8) is 0 Å². The summed E-state index contributed by atoms with van der Waals surface area (Å²) < 4.78 is 22.1. The van der Waals surface area contributed by atoms with Gasteiger partial charge in [-0.25, -0.2) is 13.9 Å². The molecule has 0 aromatic heterocycles. The fraction of sp³-hybridized carbons (Fsp3) is 0.125. The molecule has 0 aliphatic carbocycles. The van der Waals surface area contributed by atoms with Gasteiger partial charge >= 0.3 is 0 Å². The zero-order valence-corrected chi connectivity index (χ0v) is 8.93. The van der Waals surface area contributed by atoms with Gasteiger partial charge in [0.05, 0.1) is 4.90 Å². The van der Waals surface area contributed by atoms with Crippen LogP contribution in [0.4, 0.5) is 0 Å². The fourth-order valence-electron chi connectivity index (χ4n) is 1.28. The maximum Gasteiger partial charge on any atom is 0.275 e. The predicted molar refractivity (Wildman–Crippen MR) is 51.7 cm³/mol. The van der Waals surface area contributed by atoms with Gasteiger partial charge in [-0.1, -0.05) is 6.07 Å². The standard InChI is InChI=1S/C8H6ClNO4S/c9-15(12,13)6-2-1-5-4-14-10-8(11)7(5)3-6/h1-3H,4H2,(H,10,11). The lowest BCUT2D eigenvalue weighted by Crippen LogP contribution is -2.29. The van der Waals surface area contributed by atoms with Crippen molar-refractivity contribution >= 4 is 25.6 Å². The maximum atomic E-state index is 11.3. The van der Waals surface area contributed by atoms with Crippen LogP contribution in [0.1, 0.15) is 15.9 Å². The third-order valence-corrected chi connectivity index (χ3v) is 3.35. The van der Waals surface area contributed by atoms with E-state index in [-0.39, 0.29) is 17.1 Å². The van der Waals surface area contributed by atoms with E-state index >= 15 is 0 Å². The number of rotatable bonds is 1. The summed E-state index contributed by atoms with van der Waals surface area (Å²) in [5, 5.41) is 0. The van der Waals surface area contributed by atoms with Crippen molar-refractivity contribution in [2.75, 3.05) is 0 Å². The second-order valence-corrected chi connectivity index (χ2v) is 5.54. The highest BCUT2D eigenvalue weighted by molar-refractivity contribution is 8.13. The van der Waals surface area contributed by atoms with Crippen LogP contribution in [0.25, 0.3) is 0 Å². The lowest BCUT2D eigenvalue weighted by molar-refractivity contribution is 0.0153. The van der Waals surface area contributed by atoms with E-state index in [9.17, 15) is 13.2 Å². The zero-order chi connectivity index (χ0) is 11.1. The molecule has 0 unspecified atom stereocenters. The van der Waals surface area contributed by atoms with E-state index in [0.717, 1.165) is 0 Å². The van der Waals surface area contributed by atoms with E-state index in [4.69, 9.17) is 15.5 Å². The third kappa shape index (κ3) is 1.97. The van der Waals surface area contributed by atoms with Gasteiger partial charge in [0.2, 0.25) is 0 Å². The van der Waals surface area contributed by atoms with Crippen molar-refractivity contribution in [1.82, 2.24) is 5.48 Å². The highest BCUT2D eigenvalue weighted by Crippen LogP contribution is 2.21. The molecule has 0 spiro atoms. The van der Waals surface area contributed by atoms with Crippen LogP contribution in [0.5, 0.6) is 0 Å². The average molecular weight is 248 g/mol. The Morgan fingerprint density at radius 3 is 2.80 bits per heavy atom. The Hall–Kier alpha value is -1.11. The van der Waals surface area contributed by atoms with Crippen LogP contribution >= 0.6 is 10.7 Å². The van der Waals surface area contributed by atoms with E-state index < -0.39 is 15.0 Å². The molecule has 2 rings (SSSR count). The SMILES string of the molecule is O=C1NOCc2ccc(S(=O)(=O)Cl)cc21. The Balaban J connectivity index is 2.58. The van der Waals surface area contributed by atoms with Crippen LogP contribution in [0.15, 0.2) is 23.1 Å². The number of amides is 1. The molecule has 0 radical (unpaired) electrons. The molecular weight excluding hydrogens is 242 g/mol. The summed E-state index contributed by atoms with van der Waals surface area (Å²) in [6, 6.07) is 4.07. The lowest BCUT2D eigenvalue weighted by Gasteiger charge is -2.16. The first kappa shape index (κ1) is 10.4. The molecule has 0 saturated carbocycles. The lowest BCUT2D eigenvalue weighted by atomic mass is 10.1. The Kier molecular flexibility index (Phi) is 2.41. The molecule has 0 fully saturated rings. The van der Waals surface area contributed by atoms with Gasteiger partial charge in [0.1, 0.15) is 6.61 Å². The number of fused-ring (bicyclic) bond motifs is 1. The smallest absolute Gasteiger partial charge is 0.269 e. The first-order valence-corrected chi connectivity index (χ1v) is 6.29. The molecule has 1 aliphatic rings. The summed E-state index contributed by atoms with van der Waals surface area (Å²) in [6.07, 6.45) is 0. The Morgan fingerprint density at radius 2 is 2.13 bits per heavy atom. The number of benzene rings is 1. The molecule has 5 nitrogen and oxygen atoms in total. The van der Waals surface area contributed by atoms with Gasteiger partial charge in [0, 0.05) is 16.2 Å². The number of halogens is 1. The first-order chi connectivity index (χ1) is 6.98. The van der Waals surface area contributed by atoms with Crippen molar-refractivity contribution in [2.24, 2.45) is 0 Å². The summed E-state index contributed by atoms with van der Waals surface area (Å²) >= 11 is 0. The number of hydrogen-bond acceptors (Lipinski definition) is 4. The number of hydrogen-bond donors (Lipinski definition) is 1. The molecular formula is C8H6ClNO4S. The fourth-order valence-corrected chi connectivity index (χ4v) is 2.06. The van der Waals surface area contributed by atoms with Crippen LogP contribution in [0.3, 0.4) is 0 Å². The first-order valence-electron chi connectivity index (χ1n) is 3.98. The second kappa shape index (κ2) is 3.48. The van der Waals surface area contributed by atoms with Crippen molar-refractivity contribution in [3.05, 3.63) is 29.3 Å². The van der Waals surface area contributed by atoms with Gasteiger partial charge in [-0.3, -0.25) is 9.63 Å². The van der Waals surface area contributed by atoms with E-state index in [1.54, 1.807) is 0 Å². The van der Waals surface area contributed by atoms with Crippen LogP contribution in [-0.4, -0.2) is 14.3 Å². The Labute approximate surface area is 90.4 Å². The number of nitrogens with one attached hydrogen (secondary N) is 1. The average Bonchev–Trinajstić information content (AvgIpc) is 2.16. The molecule has 15 heavy (non-hydrogen) atoms. The third-order valence-electron chi connectivity index (χ3n) is 2.00. The number of carbonyl (C=O) groups is 1. The minimum atomic E-state index is -3.81. The van der Waals surface area contributed by atoms with Gasteiger partial charge < -0.3 is 0 Å². The maximum absolute atomic E-state index is 11.3. The van der Waals surface area contributed by atoms with E-state index in [0.29, 0.717) is 5.56 Å². The van der Waals surface area contributed by atoms with Gasteiger partial charge in [-0.2, -0.15) is 0 Å². The molecule has 1 aromatic rings. The van der Waals surface area contributed by atoms with Crippen LogP contribution < -0.4 is 5.48 Å². The van der Waals surface area contributed by atoms with Gasteiger partial charge in [0.15, 0.2) is 0 Å². The molecule has 1 N–H and O–H groups in total. The summed E-state index contributed by atoms with van der Waals surface area (Å²) in [5.74, 6) is -0.474. The zero-order valence-electron chi connectivity index (χ0n) is 7.36. The van der Waals surface area contributed by atoms with Crippen molar-refractivity contribution in [2.45, 2.75) is 11.5 Å². The molecule has 1 heterocycles. The predicted octanol–water partition coefficient (Wildman–Crippen LogP) is 0.789. The summed E-state index contributed by atoms with van der Waals surface area (Å²) in [7, 11) is 1.35. The molecule has 0 atom stereocenters. The molecule has 80 valence electrons. The Bertz CT molecular complexity index is 525. The summed E-state index contributed by atoms with van der Waals surface area (Å²) in [6.45, 7) is 0.212. The molecule has 1 amide bonds. The topological polar surface area (TPSA) is 72.5 Å². The molecule has 0 saturated heterocycles. The van der Waals surface area contributed by atoms with Crippen molar-refractivity contribution in [3.8, 4) is 0 Å². The number of hydroxylamine groups is 1. The second-order valence-electron chi connectivity index (χ2n) is 2.98. The van der Waals surface area contributed by atoms with E-state index in [2.05, 4.69) is 5.48 Å². The monoisotopic (exact) mass is 247 g/mol. The van der Waals surface area contributed by atoms with Gasteiger partial charge in [0.25, 0.3) is 15.0 Å². The van der Waals surface area contributed by atoms with Crippen LogP contribution in [0.2, 0.25) is 0 Å². The van der Waals surface area contributed by atoms with E-state index in [1.165, 1.54) is 18.2 Å². The minimum Gasteiger partial charge on any atom is -0.269 e. The summed E-state index contributed by atoms with van der Waals surface area (Å²) in [4.78, 5) is 15.9. The van der Waals surface area contributed by atoms with Crippen LogP contribution in [-0.2, 0) is 20.5 Å². The van der Waals surface area contributed by atoms with Crippen molar-refractivity contribution < 1.29 is 18.0 Å². The molecule has 1 aromatic carbocycles.